The molecular formula is C17H17O6P. The Morgan fingerprint density at radius 2 is 1.83 bits per heavy atom. The van der Waals surface area contributed by atoms with Crippen LogP contribution in [0.5, 0.6) is 5.75 Å². The third-order valence-corrected chi connectivity index (χ3v) is 5.29. The molecule has 0 unspecified atom stereocenters. The zero-order valence-electron chi connectivity index (χ0n) is 13.4. The van der Waals surface area contributed by atoms with Gasteiger partial charge in [-0.25, -0.2) is 4.57 Å². The molecule has 0 amide bonds. The van der Waals surface area contributed by atoms with Gasteiger partial charge in [0, 0.05) is 5.39 Å². The van der Waals surface area contributed by atoms with Crippen molar-refractivity contribution in [2.45, 2.75) is 20.3 Å². The van der Waals surface area contributed by atoms with Gasteiger partial charge in [0.25, 0.3) is 0 Å². The first kappa shape index (κ1) is 15.7. The lowest BCUT2D eigenvalue weighted by molar-refractivity contribution is -0.130. The van der Waals surface area contributed by atoms with Gasteiger partial charge in [0.15, 0.2) is 5.75 Å². The fraction of sp³-hybridized carbons (Fsp3) is 0.294. The van der Waals surface area contributed by atoms with Crippen LogP contribution in [0.2, 0.25) is 0 Å². The number of furan rings is 1. The predicted octanol–water partition coefficient (Wildman–Crippen LogP) is 4.98. The zero-order valence-corrected chi connectivity index (χ0v) is 14.3. The van der Waals surface area contributed by atoms with E-state index >= 15 is 0 Å². The van der Waals surface area contributed by atoms with E-state index in [1.165, 1.54) is 11.1 Å². The summed E-state index contributed by atoms with van der Waals surface area (Å²) in [7, 11) is -3.76. The van der Waals surface area contributed by atoms with Crippen molar-refractivity contribution in [2.75, 3.05) is 13.2 Å². The third kappa shape index (κ3) is 2.52. The molecule has 2 aliphatic carbocycles. The first-order valence-electron chi connectivity index (χ1n) is 7.86. The Kier molecular flexibility index (Phi) is 3.85. The molecule has 7 heteroatoms. The molecule has 0 radical (unpaired) electrons. The molecule has 0 N–H and O–H groups in total. The highest BCUT2D eigenvalue weighted by Gasteiger charge is 2.29. The smallest absolute Gasteiger partial charge is 0.456 e. The molecule has 126 valence electrons. The molecule has 0 saturated carbocycles. The molecule has 1 heterocycles. The SMILES string of the molecule is CCOP(=O)(OCC)OOc1cccc2oc3cc4cc(c3c12)C4. The van der Waals surface area contributed by atoms with E-state index in [0.29, 0.717) is 11.3 Å². The second-order valence-electron chi connectivity index (χ2n) is 5.48. The van der Waals surface area contributed by atoms with Gasteiger partial charge in [0.05, 0.1) is 18.6 Å². The molecule has 0 aliphatic heterocycles. The van der Waals surface area contributed by atoms with Crippen LogP contribution in [0.4, 0.5) is 0 Å². The van der Waals surface area contributed by atoms with Crippen LogP contribution in [-0.2, 0) is 24.7 Å². The van der Waals surface area contributed by atoms with Gasteiger partial charge in [0.1, 0.15) is 11.2 Å². The Labute approximate surface area is 138 Å². The maximum absolute atomic E-state index is 12.4. The highest BCUT2D eigenvalue weighted by atomic mass is 31.2. The van der Waals surface area contributed by atoms with Crippen molar-refractivity contribution < 1.29 is 27.6 Å². The first-order chi connectivity index (χ1) is 11.6. The summed E-state index contributed by atoms with van der Waals surface area (Å²) in [5.74, 6) is 0.418. The number of phosphoric acid groups is 1. The molecule has 2 bridgehead atoms. The van der Waals surface area contributed by atoms with Gasteiger partial charge in [-0.1, -0.05) is 16.8 Å². The standard InChI is InChI=1S/C17H17O6P/c1-3-19-24(18,20-4-2)23-22-14-7-5-6-13-17(14)16-12-8-11(9-12)10-15(16)21-13/h5-8,10H,3-4,9H2,1-2H3. The van der Waals surface area contributed by atoms with Crippen LogP contribution < -0.4 is 4.89 Å². The Morgan fingerprint density at radius 3 is 2.54 bits per heavy atom. The molecule has 2 aromatic carbocycles. The first-order valence-corrected chi connectivity index (χ1v) is 9.32. The fourth-order valence-electron chi connectivity index (χ4n) is 2.94. The molecular weight excluding hydrogens is 331 g/mol. The summed E-state index contributed by atoms with van der Waals surface area (Å²) in [6.07, 6.45) is 0.924. The van der Waals surface area contributed by atoms with Gasteiger partial charge in [-0.3, -0.25) is 9.05 Å². The van der Waals surface area contributed by atoms with E-state index in [4.69, 9.17) is 23.0 Å². The highest BCUT2D eigenvalue weighted by Crippen LogP contribution is 2.50. The number of benzene rings is 2. The van der Waals surface area contributed by atoms with Crippen LogP contribution in [0.3, 0.4) is 0 Å². The maximum atomic E-state index is 12.4. The molecule has 0 spiro atoms. The average molecular weight is 348 g/mol. The van der Waals surface area contributed by atoms with Crippen LogP contribution in [0, 0.1) is 0 Å². The topological polar surface area (TPSA) is 67.1 Å². The molecule has 24 heavy (non-hydrogen) atoms. The van der Waals surface area contributed by atoms with Crippen LogP contribution in [-0.4, -0.2) is 13.2 Å². The lowest BCUT2D eigenvalue weighted by Gasteiger charge is -2.17. The van der Waals surface area contributed by atoms with E-state index < -0.39 is 7.82 Å². The minimum Gasteiger partial charge on any atom is -0.456 e. The minimum atomic E-state index is -3.76. The van der Waals surface area contributed by atoms with Crippen LogP contribution in [0.1, 0.15) is 25.0 Å². The normalized spacial score (nSPS) is 13.4. The van der Waals surface area contributed by atoms with Gasteiger partial charge in [-0.15, -0.1) is 0 Å². The highest BCUT2D eigenvalue weighted by molar-refractivity contribution is 7.48. The van der Waals surface area contributed by atoms with Crippen molar-refractivity contribution in [1.29, 1.82) is 0 Å². The van der Waals surface area contributed by atoms with Crippen LogP contribution >= 0.6 is 7.82 Å². The molecule has 0 atom stereocenters. The Morgan fingerprint density at radius 1 is 1.08 bits per heavy atom. The van der Waals surface area contributed by atoms with E-state index in [1.807, 2.05) is 12.1 Å². The van der Waals surface area contributed by atoms with Crippen LogP contribution in [0.25, 0.3) is 21.9 Å². The van der Waals surface area contributed by atoms with Gasteiger partial charge >= 0.3 is 7.82 Å². The zero-order chi connectivity index (χ0) is 16.7. The second kappa shape index (κ2) is 5.90. The van der Waals surface area contributed by atoms with Crippen molar-refractivity contribution in [1.82, 2.24) is 0 Å². The number of fused-ring (bicyclic) bond motifs is 1. The molecule has 0 saturated heterocycles. The molecule has 2 aliphatic rings. The lowest BCUT2D eigenvalue weighted by Crippen LogP contribution is -2.04. The van der Waals surface area contributed by atoms with Crippen molar-refractivity contribution in [3.63, 3.8) is 0 Å². The Hall–Kier alpha value is -1.85. The average Bonchev–Trinajstić information content (AvgIpc) is 2.92. The Bertz CT molecular complexity index is 951. The van der Waals surface area contributed by atoms with Crippen molar-refractivity contribution in [3.8, 4) is 5.75 Å². The largest absolute Gasteiger partial charge is 0.510 e. The monoisotopic (exact) mass is 348 g/mol. The van der Waals surface area contributed by atoms with Gasteiger partial charge in [0.2, 0.25) is 0 Å². The van der Waals surface area contributed by atoms with Crippen molar-refractivity contribution in [2.24, 2.45) is 0 Å². The summed E-state index contributed by atoms with van der Waals surface area (Å²) in [5, 5.41) is 1.80. The quantitative estimate of drug-likeness (QED) is 0.266. The molecule has 3 aromatic rings. The summed E-state index contributed by atoms with van der Waals surface area (Å²) < 4.78 is 33.4. The molecule has 0 fully saturated rings. The van der Waals surface area contributed by atoms with E-state index in [2.05, 4.69) is 6.07 Å². The summed E-state index contributed by atoms with van der Waals surface area (Å²) >= 11 is 0. The van der Waals surface area contributed by atoms with E-state index in [0.717, 1.165) is 22.8 Å². The summed E-state index contributed by atoms with van der Waals surface area (Å²) in [6.45, 7) is 3.78. The Balaban J connectivity index is 1.72. The third-order valence-electron chi connectivity index (χ3n) is 3.89. The molecule has 1 aromatic heterocycles. The number of hydrogen-bond donors (Lipinski definition) is 0. The summed E-state index contributed by atoms with van der Waals surface area (Å²) in [5.41, 5.74) is 3.97. The number of hydrogen-bond acceptors (Lipinski definition) is 6. The lowest BCUT2D eigenvalue weighted by atomic mass is 9.89. The van der Waals surface area contributed by atoms with E-state index in [-0.39, 0.29) is 13.2 Å². The van der Waals surface area contributed by atoms with E-state index in [9.17, 15) is 4.57 Å². The minimum absolute atomic E-state index is 0.187. The molecule has 6 nitrogen and oxygen atoms in total. The van der Waals surface area contributed by atoms with Gasteiger partial charge in [-0.2, -0.15) is 0 Å². The summed E-state index contributed by atoms with van der Waals surface area (Å²) in [6, 6.07) is 9.53. The van der Waals surface area contributed by atoms with Crippen molar-refractivity contribution in [3.05, 3.63) is 41.5 Å². The number of rotatable bonds is 7. The fourth-order valence-corrected chi connectivity index (χ4v) is 3.91. The van der Waals surface area contributed by atoms with Crippen LogP contribution in [0.15, 0.2) is 34.7 Å². The second-order valence-corrected chi connectivity index (χ2v) is 7.04. The van der Waals surface area contributed by atoms with Gasteiger partial charge in [-0.05, 0) is 49.6 Å². The molecule has 5 rings (SSSR count). The summed E-state index contributed by atoms with van der Waals surface area (Å²) in [4.78, 5) is 5.36. The maximum Gasteiger partial charge on any atom is 0.510 e. The van der Waals surface area contributed by atoms with Crippen molar-refractivity contribution >= 4 is 29.8 Å². The van der Waals surface area contributed by atoms with Gasteiger partial charge < -0.3 is 9.30 Å². The number of phosphoric ester groups is 1. The van der Waals surface area contributed by atoms with E-state index in [1.54, 1.807) is 26.0 Å². The predicted molar refractivity (Wildman–Crippen MR) is 89.1 cm³/mol.